The number of hydrogen-bond donors (Lipinski definition) is 2. The van der Waals surface area contributed by atoms with Gasteiger partial charge in [-0.1, -0.05) is 6.07 Å². The van der Waals surface area contributed by atoms with Gasteiger partial charge in [0, 0.05) is 49.5 Å². The fraction of sp³-hybridized carbons (Fsp3) is 0.318. The van der Waals surface area contributed by atoms with Crippen LogP contribution in [-0.2, 0) is 11.3 Å². The van der Waals surface area contributed by atoms with E-state index in [2.05, 4.69) is 20.7 Å². The highest BCUT2D eigenvalue weighted by atomic mass is 19.1. The molecule has 0 bridgehead atoms. The zero-order valence-electron chi connectivity index (χ0n) is 17.5. The number of pyridine rings is 1. The molecule has 0 spiro atoms. The van der Waals surface area contributed by atoms with E-state index in [0.717, 1.165) is 5.56 Å². The SMILES string of the molecule is C[C@@H]1CN(c2ccc(NC(=O)NCc3cccnc3-n3cccn3)cc2F)C[C@@H](C)O1. The van der Waals surface area contributed by atoms with E-state index in [1.54, 1.807) is 47.5 Å². The van der Waals surface area contributed by atoms with Crippen molar-refractivity contribution in [1.29, 1.82) is 0 Å². The predicted molar refractivity (Wildman–Crippen MR) is 116 cm³/mol. The lowest BCUT2D eigenvalue weighted by atomic mass is 10.2. The molecule has 2 amide bonds. The summed E-state index contributed by atoms with van der Waals surface area (Å²) in [5, 5.41) is 9.64. The molecule has 0 saturated carbocycles. The molecule has 9 heteroatoms. The number of hydrogen-bond acceptors (Lipinski definition) is 5. The average molecular weight is 424 g/mol. The number of carbonyl (C=O) groups is 1. The summed E-state index contributed by atoms with van der Waals surface area (Å²) in [5.41, 5.74) is 1.69. The molecule has 1 aromatic carbocycles. The van der Waals surface area contributed by atoms with Crippen LogP contribution in [0.5, 0.6) is 0 Å². The second-order valence-corrected chi connectivity index (χ2v) is 7.57. The predicted octanol–water partition coefficient (Wildman–Crippen LogP) is 3.34. The van der Waals surface area contributed by atoms with Gasteiger partial charge in [0.2, 0.25) is 0 Å². The van der Waals surface area contributed by atoms with Crippen molar-refractivity contribution in [1.82, 2.24) is 20.1 Å². The maximum absolute atomic E-state index is 14.7. The number of carbonyl (C=O) groups excluding carboxylic acids is 1. The number of morpholine rings is 1. The van der Waals surface area contributed by atoms with Gasteiger partial charge >= 0.3 is 6.03 Å². The van der Waals surface area contributed by atoms with E-state index in [1.165, 1.54) is 6.07 Å². The first-order valence-electron chi connectivity index (χ1n) is 10.2. The third kappa shape index (κ3) is 5.00. The Morgan fingerprint density at radius 1 is 1.19 bits per heavy atom. The quantitative estimate of drug-likeness (QED) is 0.656. The molecule has 1 aliphatic rings. The number of benzene rings is 1. The smallest absolute Gasteiger partial charge is 0.319 e. The number of amides is 2. The highest BCUT2D eigenvalue weighted by Crippen LogP contribution is 2.26. The van der Waals surface area contributed by atoms with E-state index in [-0.39, 0.29) is 24.6 Å². The van der Waals surface area contributed by atoms with E-state index in [0.29, 0.717) is 30.3 Å². The molecule has 2 N–H and O–H groups in total. The van der Waals surface area contributed by atoms with Crippen molar-refractivity contribution in [3.05, 3.63) is 66.4 Å². The Morgan fingerprint density at radius 3 is 2.71 bits per heavy atom. The first-order chi connectivity index (χ1) is 15.0. The number of anilines is 2. The van der Waals surface area contributed by atoms with Crippen LogP contribution in [0.15, 0.2) is 55.0 Å². The van der Waals surface area contributed by atoms with E-state index in [4.69, 9.17) is 4.74 Å². The van der Waals surface area contributed by atoms with Gasteiger partial charge in [-0.3, -0.25) is 0 Å². The third-order valence-corrected chi connectivity index (χ3v) is 4.99. The van der Waals surface area contributed by atoms with Crippen LogP contribution < -0.4 is 15.5 Å². The monoisotopic (exact) mass is 424 g/mol. The molecule has 4 rings (SSSR count). The Morgan fingerprint density at radius 2 is 2.00 bits per heavy atom. The maximum atomic E-state index is 14.7. The lowest BCUT2D eigenvalue weighted by Gasteiger charge is -2.37. The van der Waals surface area contributed by atoms with E-state index in [1.807, 2.05) is 24.8 Å². The molecule has 0 radical (unpaired) electrons. The minimum Gasteiger partial charge on any atom is -0.372 e. The van der Waals surface area contributed by atoms with Gasteiger partial charge in [0.15, 0.2) is 5.82 Å². The molecule has 2 atom stereocenters. The van der Waals surface area contributed by atoms with Gasteiger partial charge in [0.1, 0.15) is 5.82 Å². The van der Waals surface area contributed by atoms with Crippen LogP contribution in [0.2, 0.25) is 0 Å². The number of ether oxygens (including phenoxy) is 1. The molecule has 8 nitrogen and oxygen atoms in total. The molecule has 1 fully saturated rings. The van der Waals surface area contributed by atoms with Crippen LogP contribution in [0.4, 0.5) is 20.6 Å². The molecule has 2 aromatic heterocycles. The summed E-state index contributed by atoms with van der Waals surface area (Å²) in [7, 11) is 0. The van der Waals surface area contributed by atoms with Crippen LogP contribution in [0, 0.1) is 5.82 Å². The summed E-state index contributed by atoms with van der Waals surface area (Å²) < 4.78 is 22.1. The third-order valence-electron chi connectivity index (χ3n) is 4.99. The Bertz CT molecular complexity index is 1030. The van der Waals surface area contributed by atoms with Crippen molar-refractivity contribution in [2.45, 2.75) is 32.6 Å². The Kier molecular flexibility index (Phi) is 6.13. The van der Waals surface area contributed by atoms with Crippen LogP contribution in [0.3, 0.4) is 0 Å². The summed E-state index contributed by atoms with van der Waals surface area (Å²) >= 11 is 0. The molecular weight excluding hydrogens is 399 g/mol. The van der Waals surface area contributed by atoms with Crippen LogP contribution >= 0.6 is 0 Å². The van der Waals surface area contributed by atoms with Gasteiger partial charge < -0.3 is 20.3 Å². The Balaban J connectivity index is 1.38. The highest BCUT2D eigenvalue weighted by molar-refractivity contribution is 5.89. The summed E-state index contributed by atoms with van der Waals surface area (Å²) in [6, 6.07) is 9.74. The highest BCUT2D eigenvalue weighted by Gasteiger charge is 2.24. The minimum absolute atomic E-state index is 0.0332. The number of nitrogens with zero attached hydrogens (tertiary/aromatic N) is 4. The lowest BCUT2D eigenvalue weighted by Crippen LogP contribution is -2.45. The molecule has 3 aromatic rings. The van der Waals surface area contributed by atoms with Gasteiger partial charge in [-0.05, 0) is 44.2 Å². The van der Waals surface area contributed by atoms with E-state index in [9.17, 15) is 9.18 Å². The van der Waals surface area contributed by atoms with Crippen molar-refractivity contribution < 1.29 is 13.9 Å². The fourth-order valence-corrected chi connectivity index (χ4v) is 3.74. The van der Waals surface area contributed by atoms with E-state index < -0.39 is 6.03 Å². The van der Waals surface area contributed by atoms with Crippen molar-refractivity contribution in [3.63, 3.8) is 0 Å². The summed E-state index contributed by atoms with van der Waals surface area (Å²) in [6.07, 6.45) is 5.18. The van der Waals surface area contributed by atoms with Gasteiger partial charge in [-0.15, -0.1) is 0 Å². The Hall–Kier alpha value is -3.46. The van der Waals surface area contributed by atoms with Crippen LogP contribution in [-0.4, -0.2) is 46.1 Å². The van der Waals surface area contributed by atoms with Gasteiger partial charge in [0.25, 0.3) is 0 Å². The van der Waals surface area contributed by atoms with Crippen molar-refractivity contribution >= 4 is 17.4 Å². The topological polar surface area (TPSA) is 84.3 Å². The number of urea groups is 1. The summed E-state index contributed by atoms with van der Waals surface area (Å²) in [6.45, 7) is 5.44. The fourth-order valence-electron chi connectivity index (χ4n) is 3.74. The summed E-state index contributed by atoms with van der Waals surface area (Å²) in [4.78, 5) is 18.6. The molecule has 3 heterocycles. The number of rotatable bonds is 5. The van der Waals surface area contributed by atoms with Gasteiger partial charge in [-0.25, -0.2) is 18.9 Å². The Labute approximate surface area is 180 Å². The lowest BCUT2D eigenvalue weighted by molar-refractivity contribution is -0.00539. The normalized spacial score (nSPS) is 18.6. The van der Waals surface area contributed by atoms with Crippen LogP contribution in [0.1, 0.15) is 19.4 Å². The standard InChI is InChI=1S/C22H25FN6O2/c1-15-13-28(14-16(2)31-15)20-7-6-18(11-19(20)23)27-22(30)25-12-17-5-3-8-24-21(17)29-10-4-9-26-29/h3-11,15-16H,12-14H2,1-2H3,(H2,25,27,30)/t15-,16-/m1/s1. The van der Waals surface area contributed by atoms with Crippen LogP contribution in [0.25, 0.3) is 5.82 Å². The van der Waals surface area contributed by atoms with E-state index >= 15 is 0 Å². The van der Waals surface area contributed by atoms with Crippen molar-refractivity contribution in [2.75, 3.05) is 23.3 Å². The molecule has 1 aliphatic heterocycles. The van der Waals surface area contributed by atoms with Crippen molar-refractivity contribution in [2.24, 2.45) is 0 Å². The zero-order valence-corrected chi connectivity index (χ0v) is 17.5. The van der Waals surface area contributed by atoms with Crippen molar-refractivity contribution in [3.8, 4) is 5.82 Å². The molecule has 0 unspecified atom stereocenters. The number of nitrogens with one attached hydrogen (secondary N) is 2. The second kappa shape index (κ2) is 9.13. The first-order valence-corrected chi connectivity index (χ1v) is 10.2. The first kappa shape index (κ1) is 20.8. The number of aromatic nitrogens is 3. The molecule has 0 aliphatic carbocycles. The second-order valence-electron chi connectivity index (χ2n) is 7.57. The average Bonchev–Trinajstić information content (AvgIpc) is 3.26. The minimum atomic E-state index is -0.434. The zero-order chi connectivity index (χ0) is 21.8. The van der Waals surface area contributed by atoms with Gasteiger partial charge in [0.05, 0.1) is 17.9 Å². The molecular formula is C22H25FN6O2. The number of halogens is 1. The molecule has 1 saturated heterocycles. The van der Waals surface area contributed by atoms with Gasteiger partial charge in [-0.2, -0.15) is 5.10 Å². The maximum Gasteiger partial charge on any atom is 0.319 e. The summed E-state index contributed by atoms with van der Waals surface area (Å²) in [5.74, 6) is 0.254. The molecule has 31 heavy (non-hydrogen) atoms. The molecule has 162 valence electrons. The largest absolute Gasteiger partial charge is 0.372 e.